The minimum Gasteiger partial charge on any atom is -0.493 e. The number of nitrogens with zero attached hydrogens (tertiary/aromatic N) is 1. The molecule has 1 unspecified atom stereocenters. The van der Waals surface area contributed by atoms with Crippen molar-refractivity contribution in [3.63, 3.8) is 0 Å². The average molecular weight is 362 g/mol. The van der Waals surface area contributed by atoms with Gasteiger partial charge in [-0.15, -0.1) is 0 Å². The molecule has 0 saturated carbocycles. The van der Waals surface area contributed by atoms with Gasteiger partial charge in [0.25, 0.3) is 5.91 Å². The minimum absolute atomic E-state index is 0.258. The first-order valence-electron chi connectivity index (χ1n) is 7.60. The Morgan fingerprint density at radius 1 is 1.12 bits per heavy atom. The van der Waals surface area contributed by atoms with Crippen molar-refractivity contribution in [2.24, 2.45) is 5.10 Å². The van der Waals surface area contributed by atoms with Crippen LogP contribution in [0.1, 0.15) is 12.5 Å². The van der Waals surface area contributed by atoms with E-state index in [9.17, 15) is 4.79 Å². The number of hydrazone groups is 1. The molecule has 2 aromatic carbocycles. The number of hydrogen-bond acceptors (Lipinski definition) is 5. The fourth-order valence-corrected chi connectivity index (χ4v) is 2.19. The van der Waals surface area contributed by atoms with Crippen molar-refractivity contribution in [2.45, 2.75) is 13.0 Å². The van der Waals surface area contributed by atoms with Crippen LogP contribution in [0, 0.1) is 0 Å². The molecule has 25 heavy (non-hydrogen) atoms. The topological polar surface area (TPSA) is 72.0 Å². The second-order valence-electron chi connectivity index (χ2n) is 5.22. The SMILES string of the molecule is COc1ccc(/C=N/NC(=O)C(C)Nc2ccc(Cl)cc2)cc1OC. The van der Waals surface area contributed by atoms with Crippen LogP contribution in [0.4, 0.5) is 5.69 Å². The molecule has 2 N–H and O–H groups in total. The lowest BCUT2D eigenvalue weighted by molar-refractivity contribution is -0.121. The number of hydrogen-bond donors (Lipinski definition) is 2. The van der Waals surface area contributed by atoms with E-state index >= 15 is 0 Å². The standard InChI is InChI=1S/C18H20ClN3O3/c1-12(21-15-7-5-14(19)6-8-15)18(23)22-20-11-13-4-9-16(24-2)17(10-13)25-3/h4-12,21H,1-3H3,(H,22,23)/b20-11+. The van der Waals surface area contributed by atoms with Crippen molar-refractivity contribution < 1.29 is 14.3 Å². The Balaban J connectivity index is 1.92. The Morgan fingerprint density at radius 2 is 1.80 bits per heavy atom. The zero-order valence-corrected chi connectivity index (χ0v) is 15.0. The first kappa shape index (κ1) is 18.6. The van der Waals surface area contributed by atoms with Gasteiger partial charge in [-0.3, -0.25) is 4.79 Å². The monoisotopic (exact) mass is 361 g/mol. The maximum atomic E-state index is 12.1. The molecule has 1 amide bonds. The van der Waals surface area contributed by atoms with Crippen LogP contribution in [0.3, 0.4) is 0 Å². The number of methoxy groups -OCH3 is 2. The number of ether oxygens (including phenoxy) is 2. The van der Waals surface area contributed by atoms with Crippen molar-refractivity contribution in [1.82, 2.24) is 5.43 Å². The predicted molar refractivity (Wildman–Crippen MR) is 99.8 cm³/mol. The van der Waals surface area contributed by atoms with Crippen molar-refractivity contribution in [3.05, 3.63) is 53.1 Å². The molecular weight excluding hydrogens is 342 g/mol. The summed E-state index contributed by atoms with van der Waals surface area (Å²) in [6.07, 6.45) is 1.54. The van der Waals surface area contributed by atoms with E-state index in [2.05, 4.69) is 15.8 Å². The van der Waals surface area contributed by atoms with E-state index in [4.69, 9.17) is 21.1 Å². The molecule has 2 aromatic rings. The van der Waals surface area contributed by atoms with Crippen molar-refractivity contribution in [3.8, 4) is 11.5 Å². The molecule has 7 heteroatoms. The third-order valence-electron chi connectivity index (χ3n) is 3.42. The largest absolute Gasteiger partial charge is 0.493 e. The van der Waals surface area contributed by atoms with E-state index in [0.717, 1.165) is 11.3 Å². The van der Waals surface area contributed by atoms with Gasteiger partial charge in [0.15, 0.2) is 11.5 Å². The molecule has 6 nitrogen and oxygen atoms in total. The van der Waals surface area contributed by atoms with Gasteiger partial charge in [0.1, 0.15) is 6.04 Å². The molecule has 0 aromatic heterocycles. The molecule has 0 fully saturated rings. The van der Waals surface area contributed by atoms with Crippen LogP contribution in [-0.2, 0) is 4.79 Å². The number of anilines is 1. The summed E-state index contributed by atoms with van der Waals surface area (Å²) in [6, 6.07) is 12.0. The first-order valence-corrected chi connectivity index (χ1v) is 7.98. The summed E-state index contributed by atoms with van der Waals surface area (Å²) in [4.78, 5) is 12.1. The Bertz CT molecular complexity index is 748. The Hall–Kier alpha value is -2.73. The zero-order chi connectivity index (χ0) is 18.2. The molecule has 2 rings (SSSR count). The molecule has 0 radical (unpaired) electrons. The highest BCUT2D eigenvalue weighted by atomic mass is 35.5. The van der Waals surface area contributed by atoms with Gasteiger partial charge in [-0.05, 0) is 55.0 Å². The molecular formula is C18H20ClN3O3. The van der Waals surface area contributed by atoms with Gasteiger partial charge in [0, 0.05) is 10.7 Å². The van der Waals surface area contributed by atoms with Crippen LogP contribution in [0.15, 0.2) is 47.6 Å². The summed E-state index contributed by atoms with van der Waals surface area (Å²) in [6.45, 7) is 1.75. The maximum absolute atomic E-state index is 12.1. The Labute approximate surface area is 151 Å². The number of nitrogens with one attached hydrogen (secondary N) is 2. The highest BCUT2D eigenvalue weighted by molar-refractivity contribution is 6.30. The van der Waals surface area contributed by atoms with E-state index in [-0.39, 0.29) is 5.91 Å². The lowest BCUT2D eigenvalue weighted by Gasteiger charge is -2.13. The summed E-state index contributed by atoms with van der Waals surface area (Å²) in [5.41, 5.74) is 4.07. The molecule has 0 bridgehead atoms. The number of rotatable bonds is 7. The van der Waals surface area contributed by atoms with Gasteiger partial charge >= 0.3 is 0 Å². The number of carbonyl (C=O) groups is 1. The predicted octanol–water partition coefficient (Wildman–Crippen LogP) is 3.31. The second-order valence-corrected chi connectivity index (χ2v) is 5.66. The molecule has 0 aliphatic rings. The summed E-state index contributed by atoms with van der Waals surface area (Å²) in [7, 11) is 3.13. The van der Waals surface area contributed by atoms with E-state index < -0.39 is 6.04 Å². The van der Waals surface area contributed by atoms with Gasteiger partial charge < -0.3 is 14.8 Å². The third kappa shape index (κ3) is 5.39. The Morgan fingerprint density at radius 3 is 2.44 bits per heavy atom. The number of carbonyl (C=O) groups excluding carboxylic acids is 1. The number of benzene rings is 2. The van der Waals surface area contributed by atoms with Gasteiger partial charge in [-0.25, -0.2) is 5.43 Å². The Kier molecular flexibility index (Phi) is 6.65. The van der Waals surface area contributed by atoms with Gasteiger partial charge in [-0.2, -0.15) is 5.10 Å². The molecule has 1 atom stereocenters. The van der Waals surface area contributed by atoms with E-state index in [1.165, 1.54) is 6.21 Å². The zero-order valence-electron chi connectivity index (χ0n) is 14.2. The van der Waals surface area contributed by atoms with Crippen LogP contribution in [0.5, 0.6) is 11.5 Å². The van der Waals surface area contributed by atoms with E-state index in [1.807, 2.05) is 6.07 Å². The second kappa shape index (κ2) is 8.94. The first-order chi connectivity index (χ1) is 12.0. The minimum atomic E-state index is -0.455. The van der Waals surface area contributed by atoms with Crippen LogP contribution in [-0.4, -0.2) is 32.4 Å². The third-order valence-corrected chi connectivity index (χ3v) is 3.67. The molecule has 0 heterocycles. The molecule has 132 valence electrons. The van der Waals surface area contributed by atoms with Crippen molar-refractivity contribution in [2.75, 3.05) is 19.5 Å². The van der Waals surface area contributed by atoms with E-state index in [1.54, 1.807) is 57.5 Å². The number of halogens is 1. The fraction of sp³-hybridized carbons (Fsp3) is 0.222. The van der Waals surface area contributed by atoms with Crippen molar-refractivity contribution in [1.29, 1.82) is 0 Å². The van der Waals surface area contributed by atoms with Crippen molar-refractivity contribution >= 4 is 29.4 Å². The van der Waals surface area contributed by atoms with Gasteiger partial charge in [0.2, 0.25) is 0 Å². The molecule has 0 aliphatic carbocycles. The summed E-state index contributed by atoms with van der Waals surface area (Å²) in [5.74, 6) is 0.965. The summed E-state index contributed by atoms with van der Waals surface area (Å²) in [5, 5.41) is 7.68. The fourth-order valence-electron chi connectivity index (χ4n) is 2.06. The lowest BCUT2D eigenvalue weighted by Crippen LogP contribution is -2.34. The summed E-state index contributed by atoms with van der Waals surface area (Å²) < 4.78 is 10.4. The van der Waals surface area contributed by atoms with Gasteiger partial charge in [0.05, 0.1) is 20.4 Å². The number of amides is 1. The quantitative estimate of drug-likeness (QED) is 0.586. The summed E-state index contributed by atoms with van der Waals surface area (Å²) >= 11 is 5.84. The lowest BCUT2D eigenvalue weighted by atomic mass is 10.2. The smallest absolute Gasteiger partial charge is 0.262 e. The average Bonchev–Trinajstić information content (AvgIpc) is 2.63. The van der Waals surface area contributed by atoms with Crippen LogP contribution >= 0.6 is 11.6 Å². The molecule has 0 spiro atoms. The maximum Gasteiger partial charge on any atom is 0.262 e. The molecule has 0 saturated heterocycles. The normalized spacial score (nSPS) is 11.8. The van der Waals surface area contributed by atoms with E-state index in [0.29, 0.717) is 16.5 Å². The van der Waals surface area contributed by atoms with Crippen LogP contribution in [0.2, 0.25) is 5.02 Å². The highest BCUT2D eigenvalue weighted by Gasteiger charge is 2.11. The van der Waals surface area contributed by atoms with Gasteiger partial charge in [-0.1, -0.05) is 11.6 Å². The molecule has 0 aliphatic heterocycles. The van der Waals surface area contributed by atoms with Crippen LogP contribution in [0.25, 0.3) is 0 Å². The highest BCUT2D eigenvalue weighted by Crippen LogP contribution is 2.26. The van der Waals surface area contributed by atoms with Crippen LogP contribution < -0.4 is 20.2 Å².